The Balaban J connectivity index is 1.90. The topological polar surface area (TPSA) is 78.5 Å². The minimum Gasteiger partial charge on any atom is -0.350 e. The fourth-order valence-electron chi connectivity index (χ4n) is 3.33. The van der Waals surface area contributed by atoms with Crippen LogP contribution < -0.4 is 10.6 Å². The van der Waals surface area contributed by atoms with E-state index in [1.807, 2.05) is 63.2 Å². The number of benzene rings is 2. The van der Waals surface area contributed by atoms with Gasteiger partial charge in [-0.15, -0.1) is 0 Å². The summed E-state index contributed by atoms with van der Waals surface area (Å²) in [6.07, 6.45) is 0.743. The normalized spacial score (nSPS) is 20.1. The third-order valence-corrected chi connectivity index (χ3v) is 5.27. The van der Waals surface area contributed by atoms with Crippen molar-refractivity contribution in [3.05, 3.63) is 48.0 Å². The molecule has 1 fully saturated rings. The van der Waals surface area contributed by atoms with E-state index in [1.165, 1.54) is 0 Å². The molecule has 0 radical (unpaired) electrons. The molecular formula is C21H25N3O3. The maximum absolute atomic E-state index is 13.1. The minimum absolute atomic E-state index is 0.297. The lowest BCUT2D eigenvalue weighted by atomic mass is 9.88. The maximum atomic E-state index is 13.1. The highest BCUT2D eigenvalue weighted by molar-refractivity contribution is 6.10. The van der Waals surface area contributed by atoms with Gasteiger partial charge in [-0.3, -0.25) is 14.5 Å². The molecule has 0 aliphatic carbocycles. The van der Waals surface area contributed by atoms with E-state index in [-0.39, 0.29) is 12.5 Å². The van der Waals surface area contributed by atoms with Crippen LogP contribution in [0.15, 0.2) is 42.5 Å². The molecule has 142 valence electrons. The first kappa shape index (κ1) is 18.9. The summed E-state index contributed by atoms with van der Waals surface area (Å²) in [5.74, 6) is -0.777. The van der Waals surface area contributed by atoms with E-state index in [4.69, 9.17) is 0 Å². The van der Waals surface area contributed by atoms with Crippen LogP contribution in [-0.2, 0) is 15.1 Å². The summed E-state index contributed by atoms with van der Waals surface area (Å²) < 4.78 is 0. The Morgan fingerprint density at radius 2 is 1.81 bits per heavy atom. The average Bonchev–Trinajstić information content (AvgIpc) is 2.85. The van der Waals surface area contributed by atoms with Crippen molar-refractivity contribution in [1.29, 1.82) is 0 Å². The summed E-state index contributed by atoms with van der Waals surface area (Å²) in [7, 11) is 0. The van der Waals surface area contributed by atoms with Gasteiger partial charge < -0.3 is 10.6 Å². The van der Waals surface area contributed by atoms with Gasteiger partial charge in [0.15, 0.2) is 0 Å². The number of rotatable bonds is 5. The zero-order valence-corrected chi connectivity index (χ0v) is 16.1. The largest absolute Gasteiger partial charge is 0.350 e. The highest BCUT2D eigenvalue weighted by atomic mass is 16.2. The molecule has 2 aromatic rings. The lowest BCUT2D eigenvalue weighted by Gasteiger charge is -2.26. The molecule has 0 bridgehead atoms. The number of carbonyl (C=O) groups excluding carboxylic acids is 3. The molecule has 2 N–H and O–H groups in total. The quantitative estimate of drug-likeness (QED) is 0.798. The van der Waals surface area contributed by atoms with Gasteiger partial charge in [-0.2, -0.15) is 0 Å². The van der Waals surface area contributed by atoms with E-state index in [0.717, 1.165) is 27.7 Å². The summed E-state index contributed by atoms with van der Waals surface area (Å²) in [4.78, 5) is 38.9. The van der Waals surface area contributed by atoms with Crippen molar-refractivity contribution >= 4 is 28.6 Å². The number of carbonyl (C=O) groups is 3. The fourth-order valence-corrected chi connectivity index (χ4v) is 3.33. The molecule has 6 nitrogen and oxygen atoms in total. The first-order chi connectivity index (χ1) is 12.7. The van der Waals surface area contributed by atoms with Crippen molar-refractivity contribution in [3.8, 4) is 0 Å². The van der Waals surface area contributed by atoms with E-state index in [1.54, 1.807) is 6.92 Å². The first-order valence-electron chi connectivity index (χ1n) is 9.11. The number of nitrogens with zero attached hydrogens (tertiary/aromatic N) is 1. The predicted molar refractivity (Wildman–Crippen MR) is 104 cm³/mol. The Labute approximate surface area is 158 Å². The minimum atomic E-state index is -1.21. The van der Waals surface area contributed by atoms with Gasteiger partial charge in [0.2, 0.25) is 5.91 Å². The molecule has 1 atom stereocenters. The number of nitrogens with one attached hydrogen (secondary N) is 2. The second kappa shape index (κ2) is 6.68. The third kappa shape index (κ3) is 3.39. The molecule has 1 heterocycles. The van der Waals surface area contributed by atoms with E-state index < -0.39 is 23.0 Å². The molecule has 1 saturated heterocycles. The van der Waals surface area contributed by atoms with Crippen molar-refractivity contribution in [2.75, 3.05) is 6.54 Å². The van der Waals surface area contributed by atoms with Gasteiger partial charge in [0.1, 0.15) is 12.1 Å². The molecule has 0 saturated carbocycles. The molecule has 6 heteroatoms. The second-order valence-corrected chi connectivity index (χ2v) is 7.76. The molecule has 0 aromatic heterocycles. The number of urea groups is 1. The van der Waals surface area contributed by atoms with E-state index in [9.17, 15) is 14.4 Å². The number of amides is 4. The maximum Gasteiger partial charge on any atom is 0.325 e. The lowest BCUT2D eigenvalue weighted by Crippen LogP contribution is -2.49. The van der Waals surface area contributed by atoms with Crippen LogP contribution in [0.4, 0.5) is 4.79 Å². The van der Waals surface area contributed by atoms with E-state index >= 15 is 0 Å². The average molecular weight is 367 g/mol. The van der Waals surface area contributed by atoms with Crippen molar-refractivity contribution in [1.82, 2.24) is 15.5 Å². The summed E-state index contributed by atoms with van der Waals surface area (Å²) in [5.41, 5.74) is -0.885. The second-order valence-electron chi connectivity index (χ2n) is 7.76. The smallest absolute Gasteiger partial charge is 0.325 e. The van der Waals surface area contributed by atoms with Crippen LogP contribution >= 0.6 is 0 Å². The standard InChI is InChI=1S/C21H25N3O3/c1-5-20(2,3)22-17(25)13-24-18(26)21(4,23-19(24)27)16-12-8-10-14-9-6-7-11-15(14)16/h6-12H,5,13H2,1-4H3,(H,22,25)(H,23,27)/t21-/m0/s1. The number of hydrogen-bond donors (Lipinski definition) is 2. The van der Waals surface area contributed by atoms with Crippen LogP contribution in [0.25, 0.3) is 10.8 Å². The Morgan fingerprint density at radius 3 is 2.52 bits per heavy atom. The van der Waals surface area contributed by atoms with Crippen molar-refractivity contribution in [2.45, 2.75) is 45.2 Å². The van der Waals surface area contributed by atoms with Crippen molar-refractivity contribution < 1.29 is 14.4 Å². The summed E-state index contributed by atoms with van der Waals surface area (Å²) in [6, 6.07) is 12.8. The molecule has 3 rings (SSSR count). The first-order valence-corrected chi connectivity index (χ1v) is 9.11. The van der Waals surface area contributed by atoms with Gasteiger partial charge >= 0.3 is 6.03 Å². The van der Waals surface area contributed by atoms with Crippen molar-refractivity contribution in [2.24, 2.45) is 0 Å². The number of fused-ring (bicyclic) bond motifs is 1. The highest BCUT2D eigenvalue weighted by Gasteiger charge is 2.50. The molecule has 1 aliphatic rings. The van der Waals surface area contributed by atoms with Crippen LogP contribution in [0.1, 0.15) is 39.7 Å². The Bertz CT molecular complexity index is 917. The zero-order chi connectivity index (χ0) is 19.8. The summed E-state index contributed by atoms with van der Waals surface area (Å²) in [6.45, 7) is 7.15. The van der Waals surface area contributed by atoms with Crippen LogP contribution in [0.2, 0.25) is 0 Å². The third-order valence-electron chi connectivity index (χ3n) is 5.27. The Kier molecular flexibility index (Phi) is 4.68. The monoisotopic (exact) mass is 367 g/mol. The molecule has 2 aromatic carbocycles. The van der Waals surface area contributed by atoms with Crippen molar-refractivity contribution in [3.63, 3.8) is 0 Å². The lowest BCUT2D eigenvalue weighted by molar-refractivity contribution is -0.135. The molecule has 4 amide bonds. The SMILES string of the molecule is CCC(C)(C)NC(=O)CN1C(=O)N[C@@](C)(c2cccc3ccccc23)C1=O. The van der Waals surface area contributed by atoms with Gasteiger partial charge in [0.25, 0.3) is 5.91 Å². The molecule has 27 heavy (non-hydrogen) atoms. The van der Waals surface area contributed by atoms with Crippen LogP contribution in [0, 0.1) is 0 Å². The molecule has 0 spiro atoms. The van der Waals surface area contributed by atoms with Gasteiger partial charge in [-0.25, -0.2) is 4.79 Å². The molecule has 0 unspecified atom stereocenters. The fraction of sp³-hybridized carbons (Fsp3) is 0.381. The van der Waals surface area contributed by atoms with Crippen LogP contribution in [0.3, 0.4) is 0 Å². The summed E-state index contributed by atoms with van der Waals surface area (Å²) in [5, 5.41) is 7.52. The Morgan fingerprint density at radius 1 is 1.15 bits per heavy atom. The van der Waals surface area contributed by atoms with E-state index in [2.05, 4.69) is 10.6 Å². The molecule has 1 aliphatic heterocycles. The van der Waals surface area contributed by atoms with E-state index in [0.29, 0.717) is 0 Å². The van der Waals surface area contributed by atoms with Gasteiger partial charge in [0.05, 0.1) is 0 Å². The summed E-state index contributed by atoms with van der Waals surface area (Å²) >= 11 is 0. The molecular weight excluding hydrogens is 342 g/mol. The number of imide groups is 1. The Hall–Kier alpha value is -2.89. The van der Waals surface area contributed by atoms with Crippen LogP contribution in [0.5, 0.6) is 0 Å². The number of hydrogen-bond acceptors (Lipinski definition) is 3. The zero-order valence-electron chi connectivity index (χ0n) is 16.1. The van der Waals surface area contributed by atoms with Gasteiger partial charge in [-0.05, 0) is 43.5 Å². The predicted octanol–water partition coefficient (Wildman–Crippen LogP) is 2.91. The highest BCUT2D eigenvalue weighted by Crippen LogP contribution is 2.33. The van der Waals surface area contributed by atoms with Gasteiger partial charge in [-0.1, -0.05) is 49.4 Å². The van der Waals surface area contributed by atoms with Gasteiger partial charge in [0, 0.05) is 5.54 Å². The van der Waals surface area contributed by atoms with Crippen LogP contribution in [-0.4, -0.2) is 34.8 Å².